The SMILES string of the molecule is CC(=O)c1c(O)c(C)c(O)c2c1OC1=CC(=O)C(=C(C)Nc3ccc4oc(=O)ccc4c3)C(=O)[C@@]12C. The number of phenols is 2. The Balaban J connectivity index is 1.64. The number of ether oxygens (including phenoxy) is 1. The predicted molar refractivity (Wildman–Crippen MR) is 129 cm³/mol. The average Bonchev–Trinajstić information content (AvgIpc) is 3.10. The maximum Gasteiger partial charge on any atom is 0.336 e. The van der Waals surface area contributed by atoms with Crippen LogP contribution in [-0.4, -0.2) is 27.6 Å². The lowest BCUT2D eigenvalue weighted by molar-refractivity contribution is -0.123. The van der Waals surface area contributed by atoms with E-state index in [9.17, 15) is 29.4 Å². The van der Waals surface area contributed by atoms with E-state index in [2.05, 4.69) is 5.32 Å². The molecule has 9 nitrogen and oxygen atoms in total. The van der Waals surface area contributed by atoms with Crippen molar-refractivity contribution >= 4 is 34.0 Å². The number of carbonyl (C=O) groups is 3. The van der Waals surface area contributed by atoms with E-state index in [1.807, 2.05) is 0 Å². The first-order chi connectivity index (χ1) is 16.9. The minimum absolute atomic E-state index is 0.0257. The number of ketones is 3. The Morgan fingerprint density at radius 1 is 1.03 bits per heavy atom. The molecule has 0 saturated heterocycles. The largest absolute Gasteiger partial charge is 0.507 e. The number of aromatic hydroxyl groups is 2. The summed E-state index contributed by atoms with van der Waals surface area (Å²) < 4.78 is 10.9. The van der Waals surface area contributed by atoms with Gasteiger partial charge in [-0.2, -0.15) is 0 Å². The van der Waals surface area contributed by atoms with Gasteiger partial charge in [-0.05, 0) is 52.0 Å². The molecule has 0 bridgehead atoms. The smallest absolute Gasteiger partial charge is 0.336 e. The van der Waals surface area contributed by atoms with E-state index in [-0.39, 0.29) is 45.2 Å². The third kappa shape index (κ3) is 3.09. The second-order valence-corrected chi connectivity index (χ2v) is 9.02. The quantitative estimate of drug-likeness (QED) is 0.218. The fourth-order valence-corrected chi connectivity index (χ4v) is 4.79. The third-order valence-electron chi connectivity index (χ3n) is 6.71. The molecule has 2 aromatic carbocycles. The number of nitrogens with one attached hydrogen (secondary N) is 1. The van der Waals surface area contributed by atoms with Gasteiger partial charge in [0, 0.05) is 34.5 Å². The van der Waals surface area contributed by atoms with Crippen molar-refractivity contribution in [2.45, 2.75) is 33.1 Å². The first-order valence-corrected chi connectivity index (χ1v) is 11.1. The van der Waals surface area contributed by atoms with Crippen molar-refractivity contribution in [3.63, 3.8) is 0 Å². The van der Waals surface area contributed by atoms with Crippen LogP contribution < -0.4 is 15.7 Å². The molecule has 2 aliphatic rings. The van der Waals surface area contributed by atoms with Crippen molar-refractivity contribution in [3.05, 3.63) is 80.5 Å². The molecule has 5 rings (SSSR count). The molecule has 0 saturated carbocycles. The highest BCUT2D eigenvalue weighted by Crippen LogP contribution is 2.57. The van der Waals surface area contributed by atoms with Crippen molar-refractivity contribution in [1.29, 1.82) is 0 Å². The standard InChI is InChI=1S/C27H21NO8/c1-11-23(32)21(13(3)29)25-22(24(11)33)27(4)18(36-25)10-16(30)20(26(27)34)12(2)28-15-6-7-17-14(9-15)5-8-19(31)35-17/h5-10,28,32-33H,1-4H3/t27-/m0/s1. The summed E-state index contributed by atoms with van der Waals surface area (Å²) in [6.45, 7) is 5.73. The van der Waals surface area contributed by atoms with Crippen molar-refractivity contribution in [1.82, 2.24) is 0 Å². The molecule has 2 heterocycles. The minimum Gasteiger partial charge on any atom is -0.507 e. The number of hydrogen-bond acceptors (Lipinski definition) is 9. The first kappa shape index (κ1) is 23.1. The van der Waals surface area contributed by atoms with Crippen LogP contribution in [0.25, 0.3) is 11.0 Å². The van der Waals surface area contributed by atoms with Gasteiger partial charge in [0.1, 0.15) is 39.6 Å². The summed E-state index contributed by atoms with van der Waals surface area (Å²) in [7, 11) is 0. The molecule has 1 aliphatic heterocycles. The van der Waals surface area contributed by atoms with E-state index in [0.29, 0.717) is 16.7 Å². The van der Waals surface area contributed by atoms with E-state index in [1.54, 1.807) is 31.2 Å². The topological polar surface area (TPSA) is 143 Å². The van der Waals surface area contributed by atoms with Gasteiger partial charge < -0.3 is 24.7 Å². The van der Waals surface area contributed by atoms with Crippen LogP contribution in [0.3, 0.4) is 0 Å². The first-order valence-electron chi connectivity index (χ1n) is 11.1. The zero-order chi connectivity index (χ0) is 26.1. The molecule has 36 heavy (non-hydrogen) atoms. The molecule has 0 spiro atoms. The number of fused-ring (bicyclic) bond motifs is 4. The van der Waals surface area contributed by atoms with Crippen LogP contribution in [0.4, 0.5) is 5.69 Å². The maximum atomic E-state index is 13.9. The fraction of sp³-hybridized carbons (Fsp3) is 0.185. The summed E-state index contributed by atoms with van der Waals surface area (Å²) in [4.78, 5) is 50.6. The number of phenolic OH excluding ortho intramolecular Hbond substituents is 2. The highest BCUT2D eigenvalue weighted by Gasteiger charge is 2.56. The van der Waals surface area contributed by atoms with Gasteiger partial charge in [0.2, 0.25) is 0 Å². The van der Waals surface area contributed by atoms with Crippen molar-refractivity contribution < 1.29 is 33.8 Å². The summed E-state index contributed by atoms with van der Waals surface area (Å²) in [6.07, 6.45) is 1.16. The summed E-state index contributed by atoms with van der Waals surface area (Å²) in [5, 5.41) is 25.1. The Hall–Kier alpha value is -4.66. The number of hydrogen-bond donors (Lipinski definition) is 3. The van der Waals surface area contributed by atoms with Gasteiger partial charge in [-0.3, -0.25) is 14.4 Å². The predicted octanol–water partition coefficient (Wildman–Crippen LogP) is 3.79. The lowest BCUT2D eigenvalue weighted by Gasteiger charge is -2.29. The molecule has 0 radical (unpaired) electrons. The second-order valence-electron chi connectivity index (χ2n) is 9.02. The number of benzene rings is 2. The van der Waals surface area contributed by atoms with Gasteiger partial charge in [0.15, 0.2) is 17.3 Å². The van der Waals surface area contributed by atoms with Gasteiger partial charge in [-0.25, -0.2) is 4.79 Å². The van der Waals surface area contributed by atoms with E-state index >= 15 is 0 Å². The molecule has 1 aliphatic carbocycles. The molecule has 1 atom stereocenters. The van der Waals surface area contributed by atoms with Crippen LogP contribution in [0.5, 0.6) is 17.2 Å². The van der Waals surface area contributed by atoms with Crippen LogP contribution in [0.15, 0.2) is 62.6 Å². The van der Waals surface area contributed by atoms with Crippen LogP contribution in [0.1, 0.15) is 42.3 Å². The van der Waals surface area contributed by atoms with Crippen LogP contribution in [0.2, 0.25) is 0 Å². The zero-order valence-corrected chi connectivity index (χ0v) is 19.8. The van der Waals surface area contributed by atoms with Gasteiger partial charge in [-0.15, -0.1) is 0 Å². The summed E-state index contributed by atoms with van der Waals surface area (Å²) >= 11 is 0. The van der Waals surface area contributed by atoms with Crippen molar-refractivity contribution in [2.24, 2.45) is 0 Å². The number of anilines is 1. The van der Waals surface area contributed by atoms with E-state index < -0.39 is 34.1 Å². The summed E-state index contributed by atoms with van der Waals surface area (Å²) in [5.41, 5.74) is -1.14. The van der Waals surface area contributed by atoms with Gasteiger partial charge >= 0.3 is 5.63 Å². The monoisotopic (exact) mass is 487 g/mol. The molecule has 0 amide bonds. The molecular weight excluding hydrogens is 466 g/mol. The number of allylic oxidation sites excluding steroid dienone is 4. The molecular formula is C27H21NO8. The molecule has 182 valence electrons. The number of carbonyl (C=O) groups excluding carboxylic acids is 3. The molecule has 0 fully saturated rings. The van der Waals surface area contributed by atoms with Crippen LogP contribution in [0, 0.1) is 6.92 Å². The highest BCUT2D eigenvalue weighted by molar-refractivity contribution is 6.31. The van der Waals surface area contributed by atoms with Crippen LogP contribution in [-0.2, 0) is 15.0 Å². The lowest BCUT2D eigenvalue weighted by atomic mass is 9.70. The Kier molecular flexibility index (Phi) is 4.92. The normalized spacial score (nSPS) is 19.9. The zero-order valence-electron chi connectivity index (χ0n) is 19.8. The molecule has 3 N–H and O–H groups in total. The van der Waals surface area contributed by atoms with E-state index in [0.717, 1.165) is 6.08 Å². The van der Waals surface area contributed by atoms with E-state index in [4.69, 9.17) is 9.15 Å². The van der Waals surface area contributed by atoms with Crippen molar-refractivity contribution in [3.8, 4) is 17.2 Å². The average molecular weight is 487 g/mol. The molecule has 0 unspecified atom stereocenters. The Morgan fingerprint density at radius 3 is 2.44 bits per heavy atom. The minimum atomic E-state index is -1.60. The highest BCUT2D eigenvalue weighted by atomic mass is 16.5. The third-order valence-corrected chi connectivity index (χ3v) is 6.71. The molecule has 3 aromatic rings. The number of Topliss-reactive ketones (excluding diaryl/α,β-unsaturated/α-hetero) is 2. The molecule has 9 heteroatoms. The van der Waals surface area contributed by atoms with Gasteiger partial charge in [0.05, 0.1) is 11.1 Å². The van der Waals surface area contributed by atoms with Crippen molar-refractivity contribution in [2.75, 3.05) is 5.32 Å². The maximum absolute atomic E-state index is 13.9. The van der Waals surface area contributed by atoms with Gasteiger partial charge in [-0.1, -0.05) is 0 Å². The van der Waals surface area contributed by atoms with E-state index in [1.165, 1.54) is 26.8 Å². The Bertz CT molecular complexity index is 1670. The molecule has 1 aromatic heterocycles. The second kappa shape index (κ2) is 7.67. The Labute approximate surface area is 204 Å². The fourth-order valence-electron chi connectivity index (χ4n) is 4.79. The number of rotatable bonds is 3. The lowest BCUT2D eigenvalue weighted by Crippen LogP contribution is -2.40. The van der Waals surface area contributed by atoms with Crippen LogP contribution >= 0.6 is 0 Å². The summed E-state index contributed by atoms with van der Waals surface area (Å²) in [6, 6.07) is 7.83. The summed E-state index contributed by atoms with van der Waals surface area (Å²) in [5.74, 6) is -2.76. The Morgan fingerprint density at radius 2 is 1.75 bits per heavy atom. The van der Waals surface area contributed by atoms with Gasteiger partial charge in [0.25, 0.3) is 0 Å².